The molecular weight excluding hydrogens is 294 g/mol. The van der Waals surface area contributed by atoms with Gasteiger partial charge in [0.2, 0.25) is 0 Å². The van der Waals surface area contributed by atoms with E-state index in [2.05, 4.69) is 5.10 Å². The van der Waals surface area contributed by atoms with Crippen LogP contribution in [-0.4, -0.2) is 41.4 Å². The highest BCUT2D eigenvalue weighted by atomic mass is 16.5. The Morgan fingerprint density at radius 1 is 1.17 bits per heavy atom. The number of carbonyl (C=O) groups is 1. The van der Waals surface area contributed by atoms with E-state index in [-0.39, 0.29) is 5.91 Å². The molecule has 0 saturated heterocycles. The molecule has 1 aliphatic rings. The molecule has 1 aromatic carbocycles. The molecule has 2 aromatic rings. The van der Waals surface area contributed by atoms with E-state index in [0.29, 0.717) is 23.6 Å². The number of benzene rings is 1. The van der Waals surface area contributed by atoms with Crippen LogP contribution in [-0.2, 0) is 20.0 Å². The van der Waals surface area contributed by atoms with E-state index in [9.17, 15) is 4.79 Å². The van der Waals surface area contributed by atoms with Crippen molar-refractivity contribution in [3.63, 3.8) is 0 Å². The summed E-state index contributed by atoms with van der Waals surface area (Å²) in [5.74, 6) is 1.22. The van der Waals surface area contributed by atoms with Gasteiger partial charge in [-0.05, 0) is 25.0 Å². The first-order valence-electron chi connectivity index (χ1n) is 7.64. The van der Waals surface area contributed by atoms with E-state index < -0.39 is 0 Å². The summed E-state index contributed by atoms with van der Waals surface area (Å²) in [7, 11) is 5.11. The van der Waals surface area contributed by atoms with Crippen molar-refractivity contribution < 1.29 is 14.3 Å². The van der Waals surface area contributed by atoms with Crippen LogP contribution in [0, 0.1) is 0 Å². The lowest BCUT2D eigenvalue weighted by Crippen LogP contribution is -2.30. The minimum Gasteiger partial charge on any atom is -0.497 e. The second kappa shape index (κ2) is 6.32. The fourth-order valence-corrected chi connectivity index (χ4v) is 2.97. The van der Waals surface area contributed by atoms with Crippen LogP contribution in [0.25, 0.3) is 0 Å². The summed E-state index contributed by atoms with van der Waals surface area (Å²) in [5.41, 5.74) is 2.91. The number of hydrogen-bond acceptors (Lipinski definition) is 4. The van der Waals surface area contributed by atoms with Gasteiger partial charge in [0.15, 0.2) is 0 Å². The number of amides is 1. The summed E-state index contributed by atoms with van der Waals surface area (Å²) >= 11 is 0. The number of fused-ring (bicyclic) bond motifs is 1. The van der Waals surface area contributed by atoms with Gasteiger partial charge in [0.05, 0.1) is 20.4 Å². The Bertz CT molecular complexity index is 702. The molecular formula is C17H21N3O3. The highest BCUT2D eigenvalue weighted by Gasteiger charge is 2.23. The molecule has 0 fully saturated rings. The molecule has 6 heteroatoms. The molecule has 23 heavy (non-hydrogen) atoms. The standard InChI is InChI=1S/C17H21N3O3/c1-19-16-5-4-6-20(11-13(16)10-18-19)17(21)12-7-14(22-2)9-15(8-12)23-3/h7-10H,4-6,11H2,1-3H3. The predicted octanol–water partition coefficient (Wildman–Crippen LogP) is 2.03. The van der Waals surface area contributed by atoms with Gasteiger partial charge in [0, 0.05) is 43.0 Å². The largest absolute Gasteiger partial charge is 0.497 e. The number of ether oxygens (including phenoxy) is 2. The Morgan fingerprint density at radius 3 is 2.52 bits per heavy atom. The van der Waals surface area contributed by atoms with Crippen molar-refractivity contribution in [2.75, 3.05) is 20.8 Å². The molecule has 0 spiro atoms. The van der Waals surface area contributed by atoms with Crippen molar-refractivity contribution in [2.24, 2.45) is 7.05 Å². The van der Waals surface area contributed by atoms with Crippen LogP contribution in [0.15, 0.2) is 24.4 Å². The SMILES string of the molecule is COc1cc(OC)cc(C(=O)N2CCCc3c(cnn3C)C2)c1. The zero-order chi connectivity index (χ0) is 16.4. The van der Waals surface area contributed by atoms with E-state index >= 15 is 0 Å². The first kappa shape index (κ1) is 15.4. The number of carbonyl (C=O) groups excluding carboxylic acids is 1. The monoisotopic (exact) mass is 315 g/mol. The Morgan fingerprint density at radius 2 is 1.87 bits per heavy atom. The van der Waals surface area contributed by atoms with Gasteiger partial charge in [-0.25, -0.2) is 0 Å². The maximum atomic E-state index is 12.9. The summed E-state index contributed by atoms with van der Waals surface area (Å²) < 4.78 is 12.4. The first-order chi connectivity index (χ1) is 11.1. The van der Waals surface area contributed by atoms with Gasteiger partial charge < -0.3 is 14.4 Å². The molecule has 1 amide bonds. The summed E-state index contributed by atoms with van der Waals surface area (Å²) in [5, 5.41) is 4.30. The molecule has 1 aliphatic heterocycles. The van der Waals surface area contributed by atoms with Crippen LogP contribution in [0.2, 0.25) is 0 Å². The molecule has 0 aliphatic carbocycles. The highest BCUT2D eigenvalue weighted by molar-refractivity contribution is 5.95. The van der Waals surface area contributed by atoms with Crippen molar-refractivity contribution >= 4 is 5.91 Å². The minimum absolute atomic E-state index is 0.0149. The van der Waals surface area contributed by atoms with Gasteiger partial charge in [-0.15, -0.1) is 0 Å². The third kappa shape index (κ3) is 3.02. The van der Waals surface area contributed by atoms with Crippen molar-refractivity contribution in [3.8, 4) is 11.5 Å². The molecule has 0 atom stereocenters. The van der Waals surface area contributed by atoms with Gasteiger partial charge >= 0.3 is 0 Å². The van der Waals surface area contributed by atoms with Crippen LogP contribution < -0.4 is 9.47 Å². The molecule has 2 heterocycles. The number of aromatic nitrogens is 2. The first-order valence-corrected chi connectivity index (χ1v) is 7.64. The summed E-state index contributed by atoms with van der Waals surface area (Å²) in [6.45, 7) is 1.31. The third-order valence-electron chi connectivity index (χ3n) is 4.24. The summed E-state index contributed by atoms with van der Waals surface area (Å²) in [4.78, 5) is 14.8. The third-order valence-corrected chi connectivity index (χ3v) is 4.24. The normalized spacial score (nSPS) is 14.1. The second-order valence-electron chi connectivity index (χ2n) is 5.67. The molecule has 6 nitrogen and oxygen atoms in total. The average molecular weight is 315 g/mol. The maximum absolute atomic E-state index is 12.9. The van der Waals surface area contributed by atoms with Gasteiger partial charge in [0.25, 0.3) is 5.91 Å². The molecule has 0 N–H and O–H groups in total. The number of methoxy groups -OCH3 is 2. The van der Waals surface area contributed by atoms with E-state index in [1.165, 1.54) is 5.69 Å². The van der Waals surface area contributed by atoms with Crippen molar-refractivity contribution in [3.05, 3.63) is 41.2 Å². The summed E-state index contributed by atoms with van der Waals surface area (Å²) in [6, 6.07) is 5.26. The maximum Gasteiger partial charge on any atom is 0.254 e. The Hall–Kier alpha value is -2.50. The molecule has 0 saturated carbocycles. The lowest BCUT2D eigenvalue weighted by Gasteiger charge is -2.21. The van der Waals surface area contributed by atoms with E-state index in [1.807, 2.05) is 22.8 Å². The molecule has 0 unspecified atom stereocenters. The number of hydrogen-bond donors (Lipinski definition) is 0. The van der Waals surface area contributed by atoms with Gasteiger partial charge in [0.1, 0.15) is 11.5 Å². The predicted molar refractivity (Wildman–Crippen MR) is 85.8 cm³/mol. The minimum atomic E-state index is -0.0149. The highest BCUT2D eigenvalue weighted by Crippen LogP contribution is 2.25. The average Bonchev–Trinajstić information content (AvgIpc) is 2.80. The molecule has 0 radical (unpaired) electrons. The van der Waals surface area contributed by atoms with Crippen LogP contribution in [0.4, 0.5) is 0 Å². The van der Waals surface area contributed by atoms with Crippen LogP contribution in [0.5, 0.6) is 11.5 Å². The smallest absolute Gasteiger partial charge is 0.254 e. The topological polar surface area (TPSA) is 56.6 Å². The molecule has 122 valence electrons. The van der Waals surface area contributed by atoms with Gasteiger partial charge in [-0.1, -0.05) is 0 Å². The van der Waals surface area contributed by atoms with Crippen LogP contribution in [0.1, 0.15) is 28.0 Å². The Kier molecular flexibility index (Phi) is 4.23. The Balaban J connectivity index is 1.88. The fraction of sp³-hybridized carbons (Fsp3) is 0.412. The molecule has 1 aromatic heterocycles. The van der Waals surface area contributed by atoms with Crippen molar-refractivity contribution in [2.45, 2.75) is 19.4 Å². The fourth-order valence-electron chi connectivity index (χ4n) is 2.97. The number of rotatable bonds is 3. The van der Waals surface area contributed by atoms with Crippen LogP contribution >= 0.6 is 0 Å². The quantitative estimate of drug-likeness (QED) is 0.869. The zero-order valence-electron chi connectivity index (χ0n) is 13.7. The lowest BCUT2D eigenvalue weighted by molar-refractivity contribution is 0.0745. The number of nitrogens with zero attached hydrogens (tertiary/aromatic N) is 3. The van der Waals surface area contributed by atoms with E-state index in [1.54, 1.807) is 32.4 Å². The summed E-state index contributed by atoms with van der Waals surface area (Å²) in [6.07, 6.45) is 3.73. The van der Waals surface area contributed by atoms with E-state index in [0.717, 1.165) is 24.9 Å². The molecule has 0 bridgehead atoms. The zero-order valence-corrected chi connectivity index (χ0v) is 13.7. The lowest BCUT2D eigenvalue weighted by atomic mass is 10.1. The Labute approximate surface area is 135 Å². The molecule has 3 rings (SSSR count). The van der Waals surface area contributed by atoms with Crippen molar-refractivity contribution in [1.82, 2.24) is 14.7 Å². The van der Waals surface area contributed by atoms with Crippen molar-refractivity contribution in [1.29, 1.82) is 0 Å². The second-order valence-corrected chi connectivity index (χ2v) is 5.67. The van der Waals surface area contributed by atoms with Gasteiger partial charge in [-0.2, -0.15) is 5.10 Å². The number of aryl methyl sites for hydroxylation is 1. The van der Waals surface area contributed by atoms with E-state index in [4.69, 9.17) is 9.47 Å². The van der Waals surface area contributed by atoms with Gasteiger partial charge in [-0.3, -0.25) is 9.48 Å². The van der Waals surface area contributed by atoms with Crippen LogP contribution in [0.3, 0.4) is 0 Å².